The number of carbonyl (C=O) groups is 4. The molecular weight excluding hydrogens is 464 g/mol. The molecule has 3 rings (SSSR count). The molecule has 3 amide bonds. The van der Waals surface area contributed by atoms with E-state index in [1.165, 1.54) is 14.0 Å². The number of anilines is 2. The lowest BCUT2D eigenvalue weighted by atomic mass is 10.1. The maximum absolute atomic E-state index is 12.5. The fourth-order valence-corrected chi connectivity index (χ4v) is 3.01. The standard InChI is InChI=1S/C26H24N4O6/c1-16(29-30-25(33)24(32)28-20-12-10-19(11-13-20)27-17(2)31)22-6-4-5-7-23(22)36-26(34)18-8-14-21(35-3)15-9-18/h4-15H,1-3H3,(H,27,31)(H,28,32)(H,30,33)/b29-16+. The number of nitrogens with one attached hydrogen (secondary N) is 3. The summed E-state index contributed by atoms with van der Waals surface area (Å²) >= 11 is 0. The zero-order chi connectivity index (χ0) is 26.1. The number of amides is 3. The summed E-state index contributed by atoms with van der Waals surface area (Å²) in [4.78, 5) is 48.0. The zero-order valence-corrected chi connectivity index (χ0v) is 19.8. The summed E-state index contributed by atoms with van der Waals surface area (Å²) in [5, 5.41) is 9.01. The number of benzene rings is 3. The quantitative estimate of drug-likeness (QED) is 0.153. The van der Waals surface area contributed by atoms with E-state index in [9.17, 15) is 19.2 Å². The first kappa shape index (κ1) is 25.6. The van der Waals surface area contributed by atoms with Gasteiger partial charge in [0.15, 0.2) is 0 Å². The van der Waals surface area contributed by atoms with E-state index < -0.39 is 17.8 Å². The highest BCUT2D eigenvalue weighted by atomic mass is 16.5. The van der Waals surface area contributed by atoms with Crippen LogP contribution in [0.1, 0.15) is 29.8 Å². The fourth-order valence-electron chi connectivity index (χ4n) is 3.01. The van der Waals surface area contributed by atoms with Gasteiger partial charge < -0.3 is 20.1 Å². The average Bonchev–Trinajstić information content (AvgIpc) is 2.88. The van der Waals surface area contributed by atoms with Gasteiger partial charge in [0.2, 0.25) is 5.91 Å². The molecule has 0 aliphatic carbocycles. The van der Waals surface area contributed by atoms with Crippen LogP contribution in [0.25, 0.3) is 0 Å². The highest BCUT2D eigenvalue weighted by Gasteiger charge is 2.16. The average molecular weight is 489 g/mol. The van der Waals surface area contributed by atoms with Gasteiger partial charge in [-0.05, 0) is 67.6 Å². The lowest BCUT2D eigenvalue weighted by Crippen LogP contribution is -2.33. The molecule has 0 fully saturated rings. The van der Waals surface area contributed by atoms with Crippen molar-refractivity contribution in [3.8, 4) is 11.5 Å². The van der Waals surface area contributed by atoms with E-state index in [0.717, 1.165) is 0 Å². The molecule has 184 valence electrons. The highest BCUT2D eigenvalue weighted by molar-refractivity contribution is 6.39. The van der Waals surface area contributed by atoms with Crippen molar-refractivity contribution in [1.82, 2.24) is 5.43 Å². The second-order valence-electron chi connectivity index (χ2n) is 7.46. The number of hydrazone groups is 1. The molecule has 0 unspecified atom stereocenters. The fraction of sp³-hybridized carbons (Fsp3) is 0.115. The SMILES string of the molecule is COc1ccc(C(=O)Oc2ccccc2/C(C)=N/NC(=O)C(=O)Nc2ccc(NC(C)=O)cc2)cc1. The second kappa shape index (κ2) is 11.9. The third kappa shape index (κ3) is 7.00. The van der Waals surface area contributed by atoms with Gasteiger partial charge in [-0.3, -0.25) is 14.4 Å². The van der Waals surface area contributed by atoms with Crippen LogP contribution in [0.4, 0.5) is 11.4 Å². The van der Waals surface area contributed by atoms with E-state index in [-0.39, 0.29) is 11.7 Å². The Kier molecular flexibility index (Phi) is 8.49. The minimum absolute atomic E-state index is 0.225. The number of hydrogen-bond acceptors (Lipinski definition) is 7. The van der Waals surface area contributed by atoms with Gasteiger partial charge in [0.05, 0.1) is 18.4 Å². The van der Waals surface area contributed by atoms with Crippen molar-refractivity contribution in [2.24, 2.45) is 5.10 Å². The van der Waals surface area contributed by atoms with Crippen molar-refractivity contribution in [3.63, 3.8) is 0 Å². The van der Waals surface area contributed by atoms with Crippen LogP contribution in [0, 0.1) is 0 Å². The van der Waals surface area contributed by atoms with E-state index in [1.54, 1.807) is 79.7 Å². The van der Waals surface area contributed by atoms with Crippen molar-refractivity contribution in [2.75, 3.05) is 17.7 Å². The number of hydrogen-bond donors (Lipinski definition) is 3. The summed E-state index contributed by atoms with van der Waals surface area (Å²) in [6.45, 7) is 2.98. The number of methoxy groups -OCH3 is 1. The maximum atomic E-state index is 12.5. The molecule has 36 heavy (non-hydrogen) atoms. The number of ether oxygens (including phenoxy) is 2. The van der Waals surface area contributed by atoms with Gasteiger partial charge in [-0.2, -0.15) is 5.10 Å². The molecule has 0 radical (unpaired) electrons. The van der Waals surface area contributed by atoms with Gasteiger partial charge in [0.1, 0.15) is 11.5 Å². The Balaban J connectivity index is 1.63. The van der Waals surface area contributed by atoms with E-state index >= 15 is 0 Å². The lowest BCUT2D eigenvalue weighted by molar-refractivity contribution is -0.136. The van der Waals surface area contributed by atoms with Crippen LogP contribution < -0.4 is 25.5 Å². The topological polar surface area (TPSA) is 135 Å². The summed E-state index contributed by atoms with van der Waals surface area (Å²) in [7, 11) is 1.53. The normalized spacial score (nSPS) is 10.7. The van der Waals surface area contributed by atoms with Crippen molar-refractivity contribution in [1.29, 1.82) is 0 Å². The predicted molar refractivity (Wildman–Crippen MR) is 134 cm³/mol. The molecule has 0 saturated carbocycles. The van der Waals surface area contributed by atoms with Crippen molar-refractivity contribution in [2.45, 2.75) is 13.8 Å². The highest BCUT2D eigenvalue weighted by Crippen LogP contribution is 2.21. The molecule has 3 aromatic carbocycles. The largest absolute Gasteiger partial charge is 0.497 e. The number of para-hydroxylation sites is 1. The van der Waals surface area contributed by atoms with Gasteiger partial charge in [0, 0.05) is 23.9 Å². The molecular formula is C26H24N4O6. The summed E-state index contributed by atoms with van der Waals surface area (Å²) in [6, 6.07) is 19.4. The lowest BCUT2D eigenvalue weighted by Gasteiger charge is -2.10. The molecule has 10 heteroatoms. The zero-order valence-electron chi connectivity index (χ0n) is 19.8. The van der Waals surface area contributed by atoms with Crippen molar-refractivity contribution in [3.05, 3.63) is 83.9 Å². The Bertz CT molecular complexity index is 1300. The first-order chi connectivity index (χ1) is 17.3. The maximum Gasteiger partial charge on any atom is 0.343 e. The van der Waals surface area contributed by atoms with Crippen molar-refractivity contribution >= 4 is 40.8 Å². The molecule has 0 aliphatic heterocycles. The predicted octanol–water partition coefficient (Wildman–Crippen LogP) is 3.35. The van der Waals surface area contributed by atoms with Gasteiger partial charge in [-0.1, -0.05) is 12.1 Å². The first-order valence-corrected chi connectivity index (χ1v) is 10.8. The number of nitrogens with zero attached hydrogens (tertiary/aromatic N) is 1. The van der Waals surface area contributed by atoms with Gasteiger partial charge >= 0.3 is 17.8 Å². The van der Waals surface area contributed by atoms with Gasteiger partial charge in [-0.25, -0.2) is 10.2 Å². The van der Waals surface area contributed by atoms with Crippen LogP contribution in [-0.2, 0) is 14.4 Å². The second-order valence-corrected chi connectivity index (χ2v) is 7.46. The Hall–Kier alpha value is -4.99. The van der Waals surface area contributed by atoms with E-state index in [2.05, 4.69) is 21.2 Å². The van der Waals surface area contributed by atoms with Gasteiger partial charge in [-0.15, -0.1) is 0 Å². The molecule has 0 heterocycles. The number of esters is 1. The Labute approximate surface area is 207 Å². The Morgan fingerprint density at radius 3 is 1.97 bits per heavy atom. The monoisotopic (exact) mass is 488 g/mol. The summed E-state index contributed by atoms with van der Waals surface area (Å²) in [5.41, 5.74) is 4.20. The minimum atomic E-state index is -0.993. The number of carbonyl (C=O) groups excluding carboxylic acids is 4. The van der Waals surface area contributed by atoms with Crippen LogP contribution in [-0.4, -0.2) is 36.5 Å². The van der Waals surface area contributed by atoms with Crippen LogP contribution in [0.3, 0.4) is 0 Å². The van der Waals surface area contributed by atoms with E-state index in [1.807, 2.05) is 0 Å². The third-order valence-corrected chi connectivity index (χ3v) is 4.80. The first-order valence-electron chi connectivity index (χ1n) is 10.8. The molecule has 10 nitrogen and oxygen atoms in total. The number of rotatable bonds is 7. The van der Waals surface area contributed by atoms with Crippen molar-refractivity contribution < 1.29 is 28.7 Å². The van der Waals surface area contributed by atoms with E-state index in [0.29, 0.717) is 34.0 Å². The summed E-state index contributed by atoms with van der Waals surface area (Å²) in [5.74, 6) is -1.89. The summed E-state index contributed by atoms with van der Waals surface area (Å²) in [6.07, 6.45) is 0. The van der Waals surface area contributed by atoms with Crippen LogP contribution in [0.5, 0.6) is 11.5 Å². The Morgan fingerprint density at radius 2 is 1.36 bits per heavy atom. The van der Waals surface area contributed by atoms with Crippen LogP contribution >= 0.6 is 0 Å². The molecule has 0 atom stereocenters. The molecule has 0 aliphatic rings. The smallest absolute Gasteiger partial charge is 0.343 e. The minimum Gasteiger partial charge on any atom is -0.497 e. The third-order valence-electron chi connectivity index (χ3n) is 4.80. The molecule has 0 spiro atoms. The molecule has 0 bridgehead atoms. The molecule has 3 N–H and O–H groups in total. The molecule has 0 saturated heterocycles. The van der Waals surface area contributed by atoms with Crippen LogP contribution in [0.15, 0.2) is 77.9 Å². The van der Waals surface area contributed by atoms with Gasteiger partial charge in [0.25, 0.3) is 0 Å². The molecule has 3 aromatic rings. The Morgan fingerprint density at radius 1 is 0.750 bits per heavy atom. The van der Waals surface area contributed by atoms with Crippen LogP contribution in [0.2, 0.25) is 0 Å². The molecule has 0 aromatic heterocycles. The van der Waals surface area contributed by atoms with E-state index in [4.69, 9.17) is 9.47 Å². The summed E-state index contributed by atoms with van der Waals surface area (Å²) < 4.78 is 10.6.